The first-order valence-corrected chi connectivity index (χ1v) is 8.35. The normalized spacial score (nSPS) is 18.6. The van der Waals surface area contributed by atoms with Gasteiger partial charge in [-0.05, 0) is 31.9 Å². The summed E-state index contributed by atoms with van der Waals surface area (Å²) < 4.78 is 7.84. The van der Waals surface area contributed by atoms with Gasteiger partial charge in [-0.2, -0.15) is 0 Å². The molecule has 0 saturated heterocycles. The standard InChI is InChI=1S/C17H23ClN2O/c1-12(18)17-19-16-14(10-7-11-15(16)21-2)20(17)13-8-5-3-4-6-9-13/h7,10-13H,3-6,8-9H2,1-2H3. The van der Waals surface area contributed by atoms with Gasteiger partial charge in [-0.25, -0.2) is 4.98 Å². The number of hydrogen-bond acceptors (Lipinski definition) is 2. The summed E-state index contributed by atoms with van der Waals surface area (Å²) >= 11 is 6.41. The maximum Gasteiger partial charge on any atom is 0.146 e. The molecular weight excluding hydrogens is 284 g/mol. The Bertz CT molecular complexity index is 613. The molecule has 0 radical (unpaired) electrons. The van der Waals surface area contributed by atoms with Crippen molar-refractivity contribution in [2.24, 2.45) is 0 Å². The van der Waals surface area contributed by atoms with E-state index in [1.54, 1.807) is 7.11 Å². The van der Waals surface area contributed by atoms with Crippen LogP contribution in [0.25, 0.3) is 11.0 Å². The molecule has 0 aliphatic heterocycles. The maximum absolute atomic E-state index is 6.41. The zero-order chi connectivity index (χ0) is 14.8. The van der Waals surface area contributed by atoms with Crippen molar-refractivity contribution in [3.05, 3.63) is 24.0 Å². The molecule has 1 aromatic carbocycles. The van der Waals surface area contributed by atoms with Gasteiger partial charge in [-0.1, -0.05) is 31.7 Å². The highest BCUT2D eigenvalue weighted by Gasteiger charge is 2.23. The van der Waals surface area contributed by atoms with Crippen LogP contribution in [-0.2, 0) is 0 Å². The van der Waals surface area contributed by atoms with Gasteiger partial charge in [0.05, 0.1) is 18.0 Å². The Kier molecular flexibility index (Phi) is 4.39. The topological polar surface area (TPSA) is 27.1 Å². The molecule has 1 aliphatic carbocycles. The van der Waals surface area contributed by atoms with Gasteiger partial charge in [0.25, 0.3) is 0 Å². The number of ether oxygens (including phenoxy) is 1. The molecule has 1 fully saturated rings. The minimum atomic E-state index is -0.0923. The van der Waals surface area contributed by atoms with Gasteiger partial charge >= 0.3 is 0 Å². The molecule has 1 unspecified atom stereocenters. The van der Waals surface area contributed by atoms with E-state index in [1.165, 1.54) is 38.5 Å². The maximum atomic E-state index is 6.41. The molecule has 1 atom stereocenters. The van der Waals surface area contributed by atoms with Crippen LogP contribution in [0.2, 0.25) is 0 Å². The Labute approximate surface area is 131 Å². The molecule has 4 heteroatoms. The number of para-hydroxylation sites is 1. The average Bonchev–Trinajstić information content (AvgIpc) is 2.68. The quantitative estimate of drug-likeness (QED) is 0.573. The minimum absolute atomic E-state index is 0.0923. The average molecular weight is 307 g/mol. The van der Waals surface area contributed by atoms with Crippen LogP contribution in [0.3, 0.4) is 0 Å². The first-order chi connectivity index (χ1) is 10.2. The summed E-state index contributed by atoms with van der Waals surface area (Å²) in [4.78, 5) is 4.79. The van der Waals surface area contributed by atoms with Crippen LogP contribution in [0.15, 0.2) is 18.2 Å². The number of halogens is 1. The lowest BCUT2D eigenvalue weighted by Gasteiger charge is -2.21. The predicted molar refractivity (Wildman–Crippen MR) is 87.3 cm³/mol. The van der Waals surface area contributed by atoms with Gasteiger partial charge in [0.1, 0.15) is 17.1 Å². The molecule has 2 aromatic rings. The van der Waals surface area contributed by atoms with E-state index < -0.39 is 0 Å². The number of methoxy groups -OCH3 is 1. The Hall–Kier alpha value is -1.22. The summed E-state index contributed by atoms with van der Waals surface area (Å²) in [6.07, 6.45) is 7.73. The van der Waals surface area contributed by atoms with E-state index in [1.807, 2.05) is 19.1 Å². The van der Waals surface area contributed by atoms with Crippen LogP contribution in [0.1, 0.15) is 62.7 Å². The largest absolute Gasteiger partial charge is 0.494 e. The number of hydrogen-bond donors (Lipinski definition) is 0. The van der Waals surface area contributed by atoms with Crippen LogP contribution < -0.4 is 4.74 Å². The van der Waals surface area contributed by atoms with Crippen molar-refractivity contribution in [2.75, 3.05) is 7.11 Å². The van der Waals surface area contributed by atoms with E-state index >= 15 is 0 Å². The summed E-state index contributed by atoms with van der Waals surface area (Å²) in [6, 6.07) is 6.66. The summed E-state index contributed by atoms with van der Waals surface area (Å²) in [5, 5.41) is -0.0923. The van der Waals surface area contributed by atoms with Crippen molar-refractivity contribution in [3.8, 4) is 5.75 Å². The van der Waals surface area contributed by atoms with Crippen LogP contribution in [-0.4, -0.2) is 16.7 Å². The third-order valence-corrected chi connectivity index (χ3v) is 4.67. The molecule has 0 N–H and O–H groups in total. The first-order valence-electron chi connectivity index (χ1n) is 7.91. The number of fused-ring (bicyclic) bond motifs is 1. The monoisotopic (exact) mass is 306 g/mol. The number of rotatable bonds is 3. The first kappa shape index (κ1) is 14.7. The molecule has 3 rings (SSSR count). The molecule has 1 heterocycles. The Balaban J connectivity index is 2.16. The summed E-state index contributed by atoms with van der Waals surface area (Å²) in [5.74, 6) is 1.81. The third-order valence-electron chi connectivity index (χ3n) is 4.48. The van der Waals surface area contributed by atoms with Gasteiger partial charge in [0.2, 0.25) is 0 Å². The molecule has 0 bridgehead atoms. The number of aromatic nitrogens is 2. The second-order valence-corrected chi connectivity index (χ2v) is 6.58. The zero-order valence-electron chi connectivity index (χ0n) is 12.8. The molecular formula is C17H23ClN2O. The van der Waals surface area contributed by atoms with E-state index in [4.69, 9.17) is 21.3 Å². The van der Waals surface area contributed by atoms with Crippen LogP contribution in [0, 0.1) is 0 Å². The summed E-state index contributed by atoms with van der Waals surface area (Å²) in [7, 11) is 1.70. The molecule has 1 aliphatic rings. The van der Waals surface area contributed by atoms with Crippen LogP contribution in [0.4, 0.5) is 0 Å². The predicted octanol–water partition coefficient (Wildman–Crippen LogP) is 5.24. The molecule has 0 amide bonds. The highest BCUT2D eigenvalue weighted by Crippen LogP contribution is 2.37. The SMILES string of the molecule is COc1cccc2c1nc(C(C)Cl)n2C1CCCCCC1. The fourth-order valence-electron chi connectivity index (χ4n) is 3.45. The zero-order valence-corrected chi connectivity index (χ0v) is 13.6. The minimum Gasteiger partial charge on any atom is -0.494 e. The Morgan fingerprint density at radius 2 is 1.95 bits per heavy atom. The smallest absolute Gasteiger partial charge is 0.146 e. The lowest BCUT2D eigenvalue weighted by molar-refractivity contribution is 0.419. The van der Waals surface area contributed by atoms with E-state index in [-0.39, 0.29) is 5.38 Å². The van der Waals surface area contributed by atoms with Crippen molar-refractivity contribution < 1.29 is 4.74 Å². The number of nitrogens with zero attached hydrogens (tertiary/aromatic N) is 2. The van der Waals surface area contributed by atoms with Gasteiger partial charge in [0.15, 0.2) is 0 Å². The molecule has 0 spiro atoms. The summed E-state index contributed by atoms with van der Waals surface area (Å²) in [6.45, 7) is 2.00. The van der Waals surface area contributed by atoms with Crippen molar-refractivity contribution >= 4 is 22.6 Å². The van der Waals surface area contributed by atoms with E-state index in [0.717, 1.165) is 22.6 Å². The lowest BCUT2D eigenvalue weighted by atomic mass is 10.1. The number of imidazole rings is 1. The second-order valence-electron chi connectivity index (χ2n) is 5.93. The molecule has 21 heavy (non-hydrogen) atoms. The van der Waals surface area contributed by atoms with Crippen molar-refractivity contribution in [1.29, 1.82) is 0 Å². The molecule has 114 valence electrons. The van der Waals surface area contributed by atoms with Crippen LogP contribution in [0.5, 0.6) is 5.75 Å². The Morgan fingerprint density at radius 1 is 1.24 bits per heavy atom. The van der Waals surface area contributed by atoms with Crippen LogP contribution >= 0.6 is 11.6 Å². The number of benzene rings is 1. The van der Waals surface area contributed by atoms with Gasteiger partial charge < -0.3 is 9.30 Å². The van der Waals surface area contributed by atoms with E-state index in [2.05, 4.69) is 10.6 Å². The van der Waals surface area contributed by atoms with Crippen molar-refractivity contribution in [2.45, 2.75) is 56.9 Å². The fraction of sp³-hybridized carbons (Fsp3) is 0.588. The van der Waals surface area contributed by atoms with Crippen molar-refractivity contribution in [1.82, 2.24) is 9.55 Å². The highest BCUT2D eigenvalue weighted by molar-refractivity contribution is 6.20. The fourth-order valence-corrected chi connectivity index (χ4v) is 3.61. The molecule has 1 aromatic heterocycles. The van der Waals surface area contributed by atoms with E-state index in [9.17, 15) is 0 Å². The van der Waals surface area contributed by atoms with Gasteiger partial charge in [-0.3, -0.25) is 0 Å². The molecule has 3 nitrogen and oxygen atoms in total. The van der Waals surface area contributed by atoms with Gasteiger partial charge in [-0.15, -0.1) is 11.6 Å². The Morgan fingerprint density at radius 3 is 2.57 bits per heavy atom. The highest BCUT2D eigenvalue weighted by atomic mass is 35.5. The third kappa shape index (κ3) is 2.76. The summed E-state index contributed by atoms with van der Waals surface area (Å²) in [5.41, 5.74) is 2.09. The molecule has 1 saturated carbocycles. The van der Waals surface area contributed by atoms with Crippen molar-refractivity contribution in [3.63, 3.8) is 0 Å². The second kappa shape index (κ2) is 6.27. The van der Waals surface area contributed by atoms with Gasteiger partial charge in [0, 0.05) is 6.04 Å². The lowest BCUT2D eigenvalue weighted by Crippen LogP contribution is -2.12. The number of alkyl halides is 1. The van der Waals surface area contributed by atoms with E-state index in [0.29, 0.717) is 6.04 Å².